The van der Waals surface area contributed by atoms with Crippen LogP contribution in [-0.4, -0.2) is 20.5 Å². The zero-order chi connectivity index (χ0) is 10.1. The fourth-order valence-electron chi connectivity index (χ4n) is 1.78. The molecule has 0 saturated carbocycles. The van der Waals surface area contributed by atoms with E-state index in [1.165, 1.54) is 6.42 Å². The van der Waals surface area contributed by atoms with Crippen LogP contribution in [0.5, 0.6) is 0 Å². The van der Waals surface area contributed by atoms with E-state index in [9.17, 15) is 0 Å². The van der Waals surface area contributed by atoms with Gasteiger partial charge in [-0.15, -0.1) is 10.2 Å². The molecule has 1 aromatic heterocycles. The van der Waals surface area contributed by atoms with Crippen LogP contribution >= 0.6 is 11.8 Å². The molecule has 2 heterocycles. The third-order valence-corrected chi connectivity index (χ3v) is 3.56. The minimum absolute atomic E-state index is 0.998. The van der Waals surface area contributed by atoms with Gasteiger partial charge in [-0.1, -0.05) is 42.1 Å². The van der Waals surface area contributed by atoms with E-state index in [1.54, 1.807) is 11.8 Å². The number of nitrogens with zero attached hydrogens (tertiary/aromatic N) is 3. The number of fused-ring (bicyclic) bond motifs is 1. The van der Waals surface area contributed by atoms with Gasteiger partial charge in [0.2, 0.25) is 0 Å². The SMILES string of the molecule is c1ccc(-c2nnc3n2CCCS3)cc1. The summed E-state index contributed by atoms with van der Waals surface area (Å²) in [6, 6.07) is 10.2. The molecule has 0 fully saturated rings. The normalized spacial score (nSPS) is 14.9. The third kappa shape index (κ3) is 1.55. The Morgan fingerprint density at radius 3 is 2.87 bits per heavy atom. The first-order valence-electron chi connectivity index (χ1n) is 5.06. The van der Waals surface area contributed by atoms with Crippen LogP contribution in [-0.2, 0) is 6.54 Å². The fourth-order valence-corrected chi connectivity index (χ4v) is 2.67. The topological polar surface area (TPSA) is 30.7 Å². The van der Waals surface area contributed by atoms with Gasteiger partial charge in [0.05, 0.1) is 0 Å². The first-order chi connectivity index (χ1) is 7.45. The quantitative estimate of drug-likeness (QED) is 0.735. The molecular formula is C11H11N3S. The minimum atomic E-state index is 0.998. The Bertz CT molecular complexity index is 464. The van der Waals surface area contributed by atoms with Gasteiger partial charge in [-0.3, -0.25) is 0 Å². The van der Waals surface area contributed by atoms with Gasteiger partial charge in [0.1, 0.15) is 0 Å². The van der Waals surface area contributed by atoms with Crippen LogP contribution in [0.3, 0.4) is 0 Å². The lowest BCUT2D eigenvalue weighted by molar-refractivity contribution is 0.612. The van der Waals surface area contributed by atoms with Crippen molar-refractivity contribution >= 4 is 11.8 Å². The maximum Gasteiger partial charge on any atom is 0.191 e. The van der Waals surface area contributed by atoms with Crippen LogP contribution in [0.15, 0.2) is 35.5 Å². The highest BCUT2D eigenvalue weighted by atomic mass is 32.2. The van der Waals surface area contributed by atoms with Crippen molar-refractivity contribution in [3.05, 3.63) is 30.3 Å². The van der Waals surface area contributed by atoms with E-state index in [4.69, 9.17) is 0 Å². The van der Waals surface area contributed by atoms with E-state index in [0.29, 0.717) is 0 Å². The summed E-state index contributed by atoms with van der Waals surface area (Å²) in [5.74, 6) is 2.16. The average molecular weight is 217 g/mol. The van der Waals surface area contributed by atoms with Crippen LogP contribution in [0.1, 0.15) is 6.42 Å². The largest absolute Gasteiger partial charge is 0.302 e. The number of benzene rings is 1. The van der Waals surface area contributed by atoms with Crippen molar-refractivity contribution in [2.75, 3.05) is 5.75 Å². The smallest absolute Gasteiger partial charge is 0.191 e. The summed E-state index contributed by atoms with van der Waals surface area (Å²) in [4.78, 5) is 0. The Hall–Kier alpha value is -1.29. The molecule has 0 atom stereocenters. The highest BCUT2D eigenvalue weighted by Crippen LogP contribution is 2.27. The van der Waals surface area contributed by atoms with E-state index in [-0.39, 0.29) is 0 Å². The molecule has 1 aromatic carbocycles. The minimum Gasteiger partial charge on any atom is -0.302 e. The molecule has 1 aliphatic heterocycles. The highest BCUT2D eigenvalue weighted by molar-refractivity contribution is 7.99. The summed E-state index contributed by atoms with van der Waals surface area (Å²) in [6.07, 6.45) is 1.20. The molecule has 3 rings (SSSR count). The van der Waals surface area contributed by atoms with Crippen LogP contribution in [0.2, 0.25) is 0 Å². The second-order valence-corrected chi connectivity index (χ2v) is 4.59. The molecule has 4 heteroatoms. The van der Waals surface area contributed by atoms with E-state index in [0.717, 1.165) is 28.8 Å². The molecule has 0 amide bonds. The monoisotopic (exact) mass is 217 g/mol. The second kappa shape index (κ2) is 3.70. The first-order valence-corrected chi connectivity index (χ1v) is 6.05. The molecule has 15 heavy (non-hydrogen) atoms. The van der Waals surface area contributed by atoms with Crippen LogP contribution in [0.4, 0.5) is 0 Å². The molecule has 0 radical (unpaired) electrons. The highest BCUT2D eigenvalue weighted by Gasteiger charge is 2.16. The molecule has 0 aliphatic carbocycles. The van der Waals surface area contributed by atoms with Crippen LogP contribution in [0, 0.1) is 0 Å². The van der Waals surface area contributed by atoms with Gasteiger partial charge in [-0.05, 0) is 6.42 Å². The molecule has 1 aliphatic rings. The number of hydrogen-bond acceptors (Lipinski definition) is 3. The lowest BCUT2D eigenvalue weighted by Crippen LogP contribution is -2.08. The molecular weight excluding hydrogens is 206 g/mol. The molecule has 0 unspecified atom stereocenters. The molecule has 76 valence electrons. The van der Waals surface area contributed by atoms with E-state index in [1.807, 2.05) is 18.2 Å². The first kappa shape index (κ1) is 8.97. The predicted molar refractivity (Wildman–Crippen MR) is 60.8 cm³/mol. The van der Waals surface area contributed by atoms with Gasteiger partial charge in [0.25, 0.3) is 0 Å². The summed E-state index contributed by atoms with van der Waals surface area (Å²) in [6.45, 7) is 1.04. The summed E-state index contributed by atoms with van der Waals surface area (Å²) < 4.78 is 2.21. The average Bonchev–Trinajstić information content (AvgIpc) is 2.74. The maximum atomic E-state index is 4.26. The molecule has 3 nitrogen and oxygen atoms in total. The van der Waals surface area contributed by atoms with Gasteiger partial charge in [0.15, 0.2) is 11.0 Å². The maximum absolute atomic E-state index is 4.26. The Kier molecular flexibility index (Phi) is 2.21. The van der Waals surface area contributed by atoms with Gasteiger partial charge < -0.3 is 4.57 Å². The van der Waals surface area contributed by atoms with Crippen molar-refractivity contribution in [3.63, 3.8) is 0 Å². The Morgan fingerprint density at radius 1 is 1.13 bits per heavy atom. The Balaban J connectivity index is 2.09. The molecule has 2 aromatic rings. The summed E-state index contributed by atoms with van der Waals surface area (Å²) in [5, 5.41) is 9.52. The molecule has 0 saturated heterocycles. The van der Waals surface area contributed by atoms with Crippen molar-refractivity contribution in [2.24, 2.45) is 0 Å². The van der Waals surface area contributed by atoms with E-state index >= 15 is 0 Å². The van der Waals surface area contributed by atoms with Gasteiger partial charge in [-0.2, -0.15) is 0 Å². The summed E-state index contributed by atoms with van der Waals surface area (Å²) in [5.41, 5.74) is 1.15. The van der Waals surface area contributed by atoms with Crippen molar-refractivity contribution in [1.82, 2.24) is 14.8 Å². The lowest BCUT2D eigenvalue weighted by Gasteiger charge is -2.13. The van der Waals surface area contributed by atoms with Gasteiger partial charge in [0, 0.05) is 17.9 Å². The number of rotatable bonds is 1. The summed E-state index contributed by atoms with van der Waals surface area (Å²) >= 11 is 1.79. The van der Waals surface area contributed by atoms with Crippen LogP contribution < -0.4 is 0 Å². The molecule has 0 N–H and O–H groups in total. The third-order valence-electron chi connectivity index (χ3n) is 2.51. The summed E-state index contributed by atoms with van der Waals surface area (Å²) in [7, 11) is 0. The standard InChI is InChI=1S/C11H11N3S/c1-2-5-9(6-3-1)10-12-13-11-14(10)7-4-8-15-11/h1-3,5-6H,4,7-8H2. The number of aromatic nitrogens is 3. The zero-order valence-electron chi connectivity index (χ0n) is 8.26. The van der Waals surface area contributed by atoms with Gasteiger partial charge in [-0.25, -0.2) is 0 Å². The van der Waals surface area contributed by atoms with Crippen molar-refractivity contribution in [2.45, 2.75) is 18.1 Å². The Labute approximate surface area is 92.5 Å². The van der Waals surface area contributed by atoms with E-state index in [2.05, 4.69) is 26.9 Å². The number of hydrogen-bond donors (Lipinski definition) is 0. The van der Waals surface area contributed by atoms with E-state index < -0.39 is 0 Å². The van der Waals surface area contributed by atoms with Crippen molar-refractivity contribution in [3.8, 4) is 11.4 Å². The van der Waals surface area contributed by atoms with Crippen molar-refractivity contribution < 1.29 is 0 Å². The predicted octanol–water partition coefficient (Wildman–Crippen LogP) is 2.44. The van der Waals surface area contributed by atoms with Crippen LogP contribution in [0.25, 0.3) is 11.4 Å². The Morgan fingerprint density at radius 2 is 2.00 bits per heavy atom. The lowest BCUT2D eigenvalue weighted by atomic mass is 10.2. The number of thioether (sulfide) groups is 1. The van der Waals surface area contributed by atoms with Crippen molar-refractivity contribution in [1.29, 1.82) is 0 Å². The molecule has 0 bridgehead atoms. The van der Waals surface area contributed by atoms with Gasteiger partial charge >= 0.3 is 0 Å². The fraction of sp³-hybridized carbons (Fsp3) is 0.273. The molecule has 0 spiro atoms. The second-order valence-electron chi connectivity index (χ2n) is 3.53. The zero-order valence-corrected chi connectivity index (χ0v) is 9.07.